The van der Waals surface area contributed by atoms with E-state index in [1.807, 2.05) is 0 Å². The van der Waals surface area contributed by atoms with Crippen molar-refractivity contribution >= 4 is 21.4 Å². The van der Waals surface area contributed by atoms with Crippen LogP contribution in [0.2, 0.25) is 0 Å². The molecule has 2 rings (SSSR count). The van der Waals surface area contributed by atoms with Crippen LogP contribution in [0.1, 0.15) is 0 Å². The van der Waals surface area contributed by atoms with Crippen LogP contribution in [0.4, 0.5) is 11.4 Å². The summed E-state index contributed by atoms with van der Waals surface area (Å²) in [7, 11) is -2.58. The molecule has 0 bridgehead atoms. The van der Waals surface area contributed by atoms with Gasteiger partial charge < -0.3 is 4.74 Å². The quantitative estimate of drug-likeness (QED) is 0.629. The van der Waals surface area contributed by atoms with E-state index >= 15 is 0 Å². The Morgan fingerprint density at radius 2 is 2.20 bits per heavy atom. The molecule has 0 fully saturated rings. The van der Waals surface area contributed by atoms with Crippen molar-refractivity contribution in [2.75, 3.05) is 11.8 Å². The van der Waals surface area contributed by atoms with Crippen LogP contribution >= 0.6 is 0 Å². The molecule has 0 aliphatic rings. The fourth-order valence-corrected chi connectivity index (χ4v) is 2.44. The predicted molar refractivity (Wildman–Crippen MR) is 69.0 cm³/mol. The van der Waals surface area contributed by atoms with E-state index in [0.717, 1.165) is 18.5 Å². The molecule has 1 heterocycles. The van der Waals surface area contributed by atoms with Gasteiger partial charge in [-0.25, -0.2) is 8.42 Å². The van der Waals surface area contributed by atoms with Crippen LogP contribution in [0, 0.1) is 10.1 Å². The molecular formula is C10H10N4O5S. The third kappa shape index (κ3) is 2.69. The number of anilines is 1. The number of hydrogen-bond acceptors (Lipinski definition) is 6. The summed E-state index contributed by atoms with van der Waals surface area (Å²) < 4.78 is 30.9. The number of aromatic amines is 1. The normalized spacial score (nSPS) is 11.1. The van der Waals surface area contributed by atoms with E-state index in [1.165, 1.54) is 19.2 Å². The smallest absolute Gasteiger partial charge is 0.297 e. The maximum Gasteiger partial charge on any atom is 0.297 e. The molecule has 0 radical (unpaired) electrons. The molecule has 1 aromatic carbocycles. The summed E-state index contributed by atoms with van der Waals surface area (Å²) in [6.07, 6.45) is 2.26. The highest BCUT2D eigenvalue weighted by Gasteiger charge is 2.22. The van der Waals surface area contributed by atoms with Crippen molar-refractivity contribution < 1.29 is 18.1 Å². The first-order chi connectivity index (χ1) is 9.44. The molecule has 1 aromatic heterocycles. The minimum atomic E-state index is -3.93. The molecule has 0 saturated carbocycles. The van der Waals surface area contributed by atoms with E-state index < -0.39 is 20.6 Å². The van der Waals surface area contributed by atoms with Gasteiger partial charge in [0.15, 0.2) is 0 Å². The summed E-state index contributed by atoms with van der Waals surface area (Å²) in [4.78, 5) is 10.1. The molecule has 2 N–H and O–H groups in total. The number of nitrogens with zero attached hydrogens (tertiary/aromatic N) is 2. The minimum absolute atomic E-state index is 0.123. The standard InChI is InChI=1S/C10H10N4O5S/c1-19-7-2-3-9(10(4-7)14(15)16)13-20(17,18)8-5-11-12-6-8/h2-6,13H,1H3,(H,11,12). The Hall–Kier alpha value is -2.62. The van der Waals surface area contributed by atoms with Crippen LogP contribution in [0.25, 0.3) is 0 Å². The van der Waals surface area contributed by atoms with Gasteiger partial charge >= 0.3 is 0 Å². The van der Waals surface area contributed by atoms with E-state index in [-0.39, 0.29) is 16.3 Å². The lowest BCUT2D eigenvalue weighted by Crippen LogP contribution is -2.13. The molecule has 0 aliphatic heterocycles. The molecule has 106 valence electrons. The van der Waals surface area contributed by atoms with Crippen LogP contribution in [-0.2, 0) is 10.0 Å². The molecule has 0 saturated heterocycles. The molecule has 0 aliphatic carbocycles. The van der Waals surface area contributed by atoms with Crippen molar-refractivity contribution in [2.45, 2.75) is 4.90 Å². The molecular weight excluding hydrogens is 288 g/mol. The Kier molecular flexibility index (Phi) is 3.57. The van der Waals surface area contributed by atoms with Crippen molar-refractivity contribution in [3.05, 3.63) is 40.7 Å². The lowest BCUT2D eigenvalue weighted by molar-refractivity contribution is -0.384. The predicted octanol–water partition coefficient (Wildman–Crippen LogP) is 1.13. The second-order valence-corrected chi connectivity index (χ2v) is 5.36. The lowest BCUT2D eigenvalue weighted by atomic mass is 10.2. The number of rotatable bonds is 5. The minimum Gasteiger partial charge on any atom is -0.496 e. The molecule has 9 nitrogen and oxygen atoms in total. The van der Waals surface area contributed by atoms with Crippen molar-refractivity contribution in [1.82, 2.24) is 10.2 Å². The van der Waals surface area contributed by atoms with E-state index in [0.29, 0.717) is 0 Å². The molecule has 0 unspecified atom stereocenters. The molecule has 0 atom stereocenters. The zero-order chi connectivity index (χ0) is 14.8. The summed E-state index contributed by atoms with van der Waals surface area (Å²) in [5.74, 6) is 0.253. The summed E-state index contributed by atoms with van der Waals surface area (Å²) in [6.45, 7) is 0. The Morgan fingerprint density at radius 1 is 1.45 bits per heavy atom. The second-order valence-electron chi connectivity index (χ2n) is 3.68. The van der Waals surface area contributed by atoms with Gasteiger partial charge in [-0.15, -0.1) is 0 Å². The highest BCUT2D eigenvalue weighted by atomic mass is 32.2. The Bertz CT molecular complexity index is 726. The number of H-pyrrole nitrogens is 1. The van der Waals surface area contributed by atoms with Gasteiger partial charge in [0.1, 0.15) is 16.3 Å². The zero-order valence-corrected chi connectivity index (χ0v) is 11.0. The first kappa shape index (κ1) is 13.8. The summed E-state index contributed by atoms with van der Waals surface area (Å²) in [6, 6.07) is 3.81. The van der Waals surface area contributed by atoms with E-state index in [4.69, 9.17) is 4.74 Å². The van der Waals surface area contributed by atoms with E-state index in [2.05, 4.69) is 14.9 Å². The first-order valence-corrected chi connectivity index (χ1v) is 6.76. The molecule has 2 aromatic rings. The highest BCUT2D eigenvalue weighted by Crippen LogP contribution is 2.30. The van der Waals surface area contributed by atoms with Crippen LogP contribution in [0.15, 0.2) is 35.5 Å². The number of benzene rings is 1. The third-order valence-electron chi connectivity index (χ3n) is 2.43. The van der Waals surface area contributed by atoms with Gasteiger partial charge in [-0.05, 0) is 12.1 Å². The van der Waals surface area contributed by atoms with Gasteiger partial charge in [-0.1, -0.05) is 0 Å². The van der Waals surface area contributed by atoms with Gasteiger partial charge in [0.25, 0.3) is 15.7 Å². The third-order valence-corrected chi connectivity index (χ3v) is 3.76. The van der Waals surface area contributed by atoms with Crippen molar-refractivity contribution in [1.29, 1.82) is 0 Å². The van der Waals surface area contributed by atoms with E-state index in [9.17, 15) is 18.5 Å². The first-order valence-electron chi connectivity index (χ1n) is 5.28. The van der Waals surface area contributed by atoms with Crippen LogP contribution in [-0.4, -0.2) is 30.6 Å². The van der Waals surface area contributed by atoms with Crippen molar-refractivity contribution in [3.8, 4) is 5.75 Å². The molecule has 0 spiro atoms. The van der Waals surface area contributed by atoms with Gasteiger partial charge in [-0.3, -0.25) is 19.9 Å². The monoisotopic (exact) mass is 298 g/mol. The van der Waals surface area contributed by atoms with Crippen molar-refractivity contribution in [3.63, 3.8) is 0 Å². The largest absolute Gasteiger partial charge is 0.496 e. The van der Waals surface area contributed by atoms with Crippen molar-refractivity contribution in [2.24, 2.45) is 0 Å². The van der Waals surface area contributed by atoms with Gasteiger partial charge in [0.2, 0.25) is 0 Å². The van der Waals surface area contributed by atoms with Crippen LogP contribution in [0.5, 0.6) is 5.75 Å². The molecule has 20 heavy (non-hydrogen) atoms. The molecule has 0 amide bonds. The lowest BCUT2D eigenvalue weighted by Gasteiger charge is -2.08. The Morgan fingerprint density at radius 3 is 2.75 bits per heavy atom. The summed E-state index contributed by atoms with van der Waals surface area (Å²) in [5, 5.41) is 16.8. The highest BCUT2D eigenvalue weighted by molar-refractivity contribution is 7.92. The van der Waals surface area contributed by atoms with Gasteiger partial charge in [0.05, 0.1) is 24.3 Å². The Labute approximate surface area is 113 Å². The number of nitro groups is 1. The number of sulfonamides is 1. The second kappa shape index (κ2) is 5.17. The summed E-state index contributed by atoms with van der Waals surface area (Å²) in [5.41, 5.74) is -0.562. The fourth-order valence-electron chi connectivity index (χ4n) is 1.47. The topological polar surface area (TPSA) is 127 Å². The maximum absolute atomic E-state index is 12.0. The number of nitrogens with one attached hydrogen (secondary N) is 2. The fraction of sp³-hybridized carbons (Fsp3) is 0.100. The number of hydrogen-bond donors (Lipinski definition) is 2. The van der Waals surface area contributed by atoms with Gasteiger partial charge in [-0.2, -0.15) is 5.10 Å². The van der Waals surface area contributed by atoms with Crippen LogP contribution < -0.4 is 9.46 Å². The average Bonchev–Trinajstić information content (AvgIpc) is 2.93. The average molecular weight is 298 g/mol. The van der Waals surface area contributed by atoms with E-state index in [1.54, 1.807) is 0 Å². The number of aromatic nitrogens is 2. The van der Waals surface area contributed by atoms with Crippen LogP contribution in [0.3, 0.4) is 0 Å². The SMILES string of the molecule is COc1ccc(NS(=O)(=O)c2cn[nH]c2)c([N+](=O)[O-])c1. The van der Waals surface area contributed by atoms with Gasteiger partial charge in [0, 0.05) is 6.20 Å². The number of methoxy groups -OCH3 is 1. The number of nitro benzene ring substituents is 1. The maximum atomic E-state index is 12.0. The number of ether oxygens (including phenoxy) is 1. The summed E-state index contributed by atoms with van der Waals surface area (Å²) >= 11 is 0. The molecule has 10 heteroatoms. The Balaban J connectivity index is 2.41. The zero-order valence-electron chi connectivity index (χ0n) is 10.2.